The van der Waals surface area contributed by atoms with Gasteiger partial charge in [-0.2, -0.15) is 9.61 Å². The minimum absolute atomic E-state index is 0.0924. The fourth-order valence-corrected chi connectivity index (χ4v) is 2.83. The van der Waals surface area contributed by atoms with Gasteiger partial charge in [-0.25, -0.2) is 0 Å². The van der Waals surface area contributed by atoms with Crippen molar-refractivity contribution in [3.05, 3.63) is 33.4 Å². The second kappa shape index (κ2) is 5.19. The van der Waals surface area contributed by atoms with E-state index in [4.69, 9.17) is 4.74 Å². The molecule has 1 aliphatic rings. The number of aromatic amines is 1. The third kappa shape index (κ3) is 2.45. The maximum Gasteiger partial charge on any atom is 0.280 e. The third-order valence-electron chi connectivity index (χ3n) is 4.23. The zero-order valence-electron chi connectivity index (χ0n) is 14.1. The van der Waals surface area contributed by atoms with Crippen molar-refractivity contribution in [3.8, 4) is 0 Å². The zero-order valence-corrected chi connectivity index (χ0v) is 14.1. The second-order valence-electron chi connectivity index (χ2n) is 7.10. The standard InChI is InChI=1S/C16H22N4O3/c1-9(8-23-5)19-7-10-13(15(19)22)17-12-6-11(16(2,3)4)18-20(12)14(10)21/h6,9,17H,7-8H2,1-5H3/t9-/m0/s1. The van der Waals surface area contributed by atoms with Gasteiger partial charge in [-0.1, -0.05) is 20.8 Å². The molecule has 0 saturated carbocycles. The summed E-state index contributed by atoms with van der Waals surface area (Å²) in [4.78, 5) is 30.0. The van der Waals surface area contributed by atoms with Crippen LogP contribution in [0.15, 0.2) is 10.9 Å². The van der Waals surface area contributed by atoms with Gasteiger partial charge in [0.15, 0.2) is 0 Å². The van der Waals surface area contributed by atoms with Crippen molar-refractivity contribution >= 4 is 11.6 Å². The number of hydrogen-bond acceptors (Lipinski definition) is 4. The molecule has 7 heteroatoms. The Morgan fingerprint density at radius 1 is 1.39 bits per heavy atom. The highest BCUT2D eigenvalue weighted by Gasteiger charge is 2.35. The summed E-state index contributed by atoms with van der Waals surface area (Å²) in [5.74, 6) is -0.164. The summed E-state index contributed by atoms with van der Waals surface area (Å²) < 4.78 is 6.47. The number of H-pyrrole nitrogens is 1. The number of rotatable bonds is 3. The highest BCUT2D eigenvalue weighted by molar-refractivity contribution is 5.97. The highest BCUT2D eigenvalue weighted by Crippen LogP contribution is 2.24. The fourth-order valence-electron chi connectivity index (χ4n) is 2.83. The lowest BCUT2D eigenvalue weighted by molar-refractivity contribution is 0.0584. The maximum atomic E-state index is 12.7. The number of carbonyl (C=O) groups excluding carboxylic acids is 1. The van der Waals surface area contributed by atoms with Crippen molar-refractivity contribution < 1.29 is 9.53 Å². The van der Waals surface area contributed by atoms with Crippen LogP contribution >= 0.6 is 0 Å². The lowest BCUT2D eigenvalue weighted by atomic mass is 9.93. The van der Waals surface area contributed by atoms with Crippen LogP contribution in [0, 0.1) is 0 Å². The van der Waals surface area contributed by atoms with Gasteiger partial charge in [-0.15, -0.1) is 0 Å². The molecule has 3 heterocycles. The topological polar surface area (TPSA) is 79.7 Å². The van der Waals surface area contributed by atoms with Gasteiger partial charge in [0.1, 0.15) is 11.3 Å². The molecule has 2 aromatic rings. The van der Waals surface area contributed by atoms with E-state index < -0.39 is 0 Å². The average molecular weight is 318 g/mol. The van der Waals surface area contributed by atoms with Crippen LogP contribution < -0.4 is 5.56 Å². The van der Waals surface area contributed by atoms with E-state index in [0.717, 1.165) is 5.69 Å². The summed E-state index contributed by atoms with van der Waals surface area (Å²) in [5, 5.41) is 4.41. The van der Waals surface area contributed by atoms with Crippen LogP contribution in [0.25, 0.3) is 5.65 Å². The van der Waals surface area contributed by atoms with E-state index in [9.17, 15) is 9.59 Å². The summed E-state index contributed by atoms with van der Waals surface area (Å²) >= 11 is 0. The number of aromatic nitrogens is 3. The average Bonchev–Trinajstić information content (AvgIpc) is 3.02. The number of fused-ring (bicyclic) bond motifs is 2. The lowest BCUT2D eigenvalue weighted by Crippen LogP contribution is -2.36. The summed E-state index contributed by atoms with van der Waals surface area (Å²) in [7, 11) is 1.59. The minimum Gasteiger partial charge on any atom is -0.383 e. The Morgan fingerprint density at radius 3 is 2.70 bits per heavy atom. The molecule has 2 aromatic heterocycles. The van der Waals surface area contributed by atoms with Crippen LogP contribution in [-0.2, 0) is 16.7 Å². The first kappa shape index (κ1) is 15.7. The van der Waals surface area contributed by atoms with Crippen LogP contribution in [0.2, 0.25) is 0 Å². The summed E-state index contributed by atoms with van der Waals surface area (Å²) in [5.41, 5.74) is 1.80. The molecule has 0 radical (unpaired) electrons. The molecule has 0 aliphatic carbocycles. The van der Waals surface area contributed by atoms with E-state index in [-0.39, 0.29) is 29.5 Å². The van der Waals surface area contributed by atoms with Crippen LogP contribution in [0.5, 0.6) is 0 Å². The first-order chi connectivity index (χ1) is 10.7. The number of hydrogen-bond donors (Lipinski definition) is 1. The SMILES string of the molecule is COC[C@H](C)N1Cc2c([nH]c3cc(C(C)(C)C)nn3c2=O)C1=O. The predicted octanol–water partition coefficient (Wildman–Crippen LogP) is 1.31. The van der Waals surface area contributed by atoms with Crippen LogP contribution in [0.4, 0.5) is 0 Å². The van der Waals surface area contributed by atoms with Gasteiger partial charge < -0.3 is 14.6 Å². The molecular weight excluding hydrogens is 296 g/mol. The number of methoxy groups -OCH3 is 1. The van der Waals surface area contributed by atoms with E-state index in [2.05, 4.69) is 10.1 Å². The van der Waals surface area contributed by atoms with Crippen LogP contribution in [0.3, 0.4) is 0 Å². The van der Waals surface area contributed by atoms with Gasteiger partial charge in [0.25, 0.3) is 11.5 Å². The van der Waals surface area contributed by atoms with Gasteiger partial charge in [-0.3, -0.25) is 9.59 Å². The first-order valence-electron chi connectivity index (χ1n) is 7.69. The number of carbonyl (C=O) groups is 1. The van der Waals surface area contributed by atoms with Crippen molar-refractivity contribution in [2.75, 3.05) is 13.7 Å². The Hall–Kier alpha value is -2.15. The second-order valence-corrected chi connectivity index (χ2v) is 7.10. The normalized spacial score (nSPS) is 16.2. The Morgan fingerprint density at radius 2 is 2.09 bits per heavy atom. The Bertz CT molecular complexity index is 828. The lowest BCUT2D eigenvalue weighted by Gasteiger charge is -2.22. The summed E-state index contributed by atoms with van der Waals surface area (Å²) in [6, 6.07) is 1.74. The van der Waals surface area contributed by atoms with Gasteiger partial charge in [0.2, 0.25) is 0 Å². The van der Waals surface area contributed by atoms with E-state index in [1.807, 2.05) is 33.8 Å². The Balaban J connectivity index is 2.09. The molecule has 0 unspecified atom stereocenters. The summed E-state index contributed by atoms with van der Waals surface area (Å²) in [6.45, 7) is 8.72. The Labute approximate surface area is 134 Å². The molecular formula is C16H22N4O3. The van der Waals surface area contributed by atoms with E-state index in [1.54, 1.807) is 12.0 Å². The molecule has 7 nitrogen and oxygen atoms in total. The molecule has 0 saturated heterocycles. The molecule has 1 amide bonds. The molecule has 0 fully saturated rings. The quantitative estimate of drug-likeness (QED) is 0.925. The number of amides is 1. The Kier molecular flexibility index (Phi) is 3.55. The molecule has 124 valence electrons. The van der Waals surface area contributed by atoms with Crippen molar-refractivity contribution in [1.82, 2.24) is 19.5 Å². The highest BCUT2D eigenvalue weighted by atomic mass is 16.5. The van der Waals surface area contributed by atoms with Crippen molar-refractivity contribution in [2.24, 2.45) is 0 Å². The molecule has 3 rings (SSSR count). The molecule has 23 heavy (non-hydrogen) atoms. The van der Waals surface area contributed by atoms with E-state index in [1.165, 1.54) is 4.52 Å². The molecule has 1 N–H and O–H groups in total. The number of ether oxygens (including phenoxy) is 1. The van der Waals surface area contributed by atoms with Gasteiger partial charge in [0, 0.05) is 18.6 Å². The van der Waals surface area contributed by atoms with Gasteiger partial charge in [0.05, 0.1) is 30.5 Å². The predicted molar refractivity (Wildman–Crippen MR) is 85.7 cm³/mol. The smallest absolute Gasteiger partial charge is 0.280 e. The van der Waals surface area contributed by atoms with Crippen molar-refractivity contribution in [3.63, 3.8) is 0 Å². The van der Waals surface area contributed by atoms with Crippen LogP contribution in [0.1, 0.15) is 49.4 Å². The fraction of sp³-hybridized carbons (Fsp3) is 0.562. The number of nitrogens with one attached hydrogen (secondary N) is 1. The largest absolute Gasteiger partial charge is 0.383 e. The molecule has 1 aliphatic heterocycles. The van der Waals surface area contributed by atoms with Crippen molar-refractivity contribution in [2.45, 2.75) is 45.7 Å². The van der Waals surface area contributed by atoms with Gasteiger partial charge in [-0.05, 0) is 6.92 Å². The monoisotopic (exact) mass is 318 g/mol. The van der Waals surface area contributed by atoms with Crippen LogP contribution in [-0.4, -0.2) is 45.2 Å². The number of nitrogens with zero attached hydrogens (tertiary/aromatic N) is 3. The van der Waals surface area contributed by atoms with Gasteiger partial charge >= 0.3 is 0 Å². The van der Waals surface area contributed by atoms with Crippen molar-refractivity contribution in [1.29, 1.82) is 0 Å². The molecule has 0 spiro atoms. The first-order valence-corrected chi connectivity index (χ1v) is 7.69. The molecule has 0 bridgehead atoms. The maximum absolute atomic E-state index is 12.7. The molecule has 0 aromatic carbocycles. The van der Waals surface area contributed by atoms with E-state index >= 15 is 0 Å². The zero-order chi connectivity index (χ0) is 16.9. The minimum atomic E-state index is -0.232. The van der Waals surface area contributed by atoms with E-state index in [0.29, 0.717) is 23.5 Å². The summed E-state index contributed by atoms with van der Waals surface area (Å²) in [6.07, 6.45) is 0. The molecule has 1 atom stereocenters. The third-order valence-corrected chi connectivity index (χ3v) is 4.23.